The van der Waals surface area contributed by atoms with Crippen molar-refractivity contribution in [2.75, 3.05) is 19.0 Å². The molecule has 1 amide bonds. The molecule has 1 atom stereocenters. The summed E-state index contributed by atoms with van der Waals surface area (Å²) >= 11 is 0. The van der Waals surface area contributed by atoms with Crippen molar-refractivity contribution in [3.63, 3.8) is 0 Å². The van der Waals surface area contributed by atoms with Crippen LogP contribution >= 0.6 is 0 Å². The van der Waals surface area contributed by atoms with Crippen LogP contribution in [-0.4, -0.2) is 37.0 Å². The molecule has 0 bridgehead atoms. The minimum Gasteiger partial charge on any atom is -0.504 e. The monoisotopic (exact) mass is 357 g/mol. The maximum atomic E-state index is 12.1. The largest absolute Gasteiger partial charge is 0.504 e. The van der Waals surface area contributed by atoms with Crippen LogP contribution < -0.4 is 20.2 Å². The van der Waals surface area contributed by atoms with E-state index in [1.54, 1.807) is 19.1 Å². The number of nitrogens with zero attached hydrogens (tertiary/aromatic N) is 1. The summed E-state index contributed by atoms with van der Waals surface area (Å²) in [4.78, 5) is 12.1. The van der Waals surface area contributed by atoms with Crippen molar-refractivity contribution >= 4 is 17.8 Å². The lowest BCUT2D eigenvalue weighted by molar-refractivity contribution is -0.121. The van der Waals surface area contributed by atoms with Crippen LogP contribution in [0.4, 0.5) is 5.69 Å². The molecule has 0 spiro atoms. The fourth-order valence-corrected chi connectivity index (χ4v) is 2.17. The molecule has 0 unspecified atom stereocenters. The van der Waals surface area contributed by atoms with Crippen LogP contribution in [-0.2, 0) is 4.79 Å². The van der Waals surface area contributed by atoms with E-state index in [4.69, 9.17) is 9.47 Å². The quantitative estimate of drug-likeness (QED) is 0.499. The van der Waals surface area contributed by atoms with E-state index in [-0.39, 0.29) is 11.7 Å². The zero-order chi connectivity index (χ0) is 18.9. The van der Waals surface area contributed by atoms with Crippen LogP contribution in [0.1, 0.15) is 19.4 Å². The lowest BCUT2D eigenvalue weighted by Gasteiger charge is -2.14. The predicted octanol–water partition coefficient (Wildman–Crippen LogP) is 2.75. The van der Waals surface area contributed by atoms with E-state index in [0.717, 1.165) is 11.4 Å². The standard InChI is InChI=1S/C19H23N3O4/c1-4-26-16-8-6-15(7-9-16)21-13(2)19(24)22-20-12-14-5-10-17(23)18(11-14)25-3/h5-13,21,23H,4H2,1-3H3,(H,22,24)/b20-12+/t13-/m0/s1. The highest BCUT2D eigenvalue weighted by atomic mass is 16.5. The van der Waals surface area contributed by atoms with E-state index in [0.29, 0.717) is 17.9 Å². The van der Waals surface area contributed by atoms with Crippen molar-refractivity contribution in [2.24, 2.45) is 5.10 Å². The number of aromatic hydroxyl groups is 1. The van der Waals surface area contributed by atoms with Crippen molar-refractivity contribution in [3.8, 4) is 17.2 Å². The molecule has 138 valence electrons. The summed E-state index contributed by atoms with van der Waals surface area (Å²) in [6.45, 7) is 4.27. The number of hydrazone groups is 1. The second-order valence-corrected chi connectivity index (χ2v) is 5.49. The lowest BCUT2D eigenvalue weighted by atomic mass is 10.2. The van der Waals surface area contributed by atoms with Gasteiger partial charge in [-0.05, 0) is 61.9 Å². The molecule has 26 heavy (non-hydrogen) atoms. The second kappa shape index (κ2) is 9.31. The van der Waals surface area contributed by atoms with Crippen LogP contribution in [0.5, 0.6) is 17.2 Å². The zero-order valence-electron chi connectivity index (χ0n) is 15.0. The van der Waals surface area contributed by atoms with E-state index in [1.807, 2.05) is 31.2 Å². The summed E-state index contributed by atoms with van der Waals surface area (Å²) < 4.78 is 10.4. The van der Waals surface area contributed by atoms with Crippen molar-refractivity contribution in [1.29, 1.82) is 0 Å². The minimum absolute atomic E-state index is 0.0434. The van der Waals surface area contributed by atoms with Gasteiger partial charge in [0, 0.05) is 5.69 Å². The number of nitrogens with one attached hydrogen (secondary N) is 2. The third-order valence-corrected chi connectivity index (χ3v) is 3.53. The molecule has 0 saturated carbocycles. The Hall–Kier alpha value is -3.22. The van der Waals surface area contributed by atoms with Gasteiger partial charge >= 0.3 is 0 Å². The Labute approximate surface area is 152 Å². The number of hydrogen-bond acceptors (Lipinski definition) is 6. The van der Waals surface area contributed by atoms with Crippen molar-refractivity contribution in [2.45, 2.75) is 19.9 Å². The SMILES string of the molecule is CCOc1ccc(N[C@@H](C)C(=O)N/N=C/c2ccc(O)c(OC)c2)cc1. The second-order valence-electron chi connectivity index (χ2n) is 5.49. The van der Waals surface area contributed by atoms with Crippen LogP contribution in [0, 0.1) is 0 Å². The first-order chi connectivity index (χ1) is 12.5. The van der Waals surface area contributed by atoms with Gasteiger partial charge in [0.05, 0.1) is 19.9 Å². The smallest absolute Gasteiger partial charge is 0.262 e. The highest BCUT2D eigenvalue weighted by Crippen LogP contribution is 2.25. The molecule has 0 saturated heterocycles. The first-order valence-corrected chi connectivity index (χ1v) is 8.22. The molecule has 2 aromatic rings. The topological polar surface area (TPSA) is 92.2 Å². The van der Waals surface area contributed by atoms with E-state index in [1.165, 1.54) is 19.4 Å². The van der Waals surface area contributed by atoms with Gasteiger partial charge in [0.15, 0.2) is 11.5 Å². The van der Waals surface area contributed by atoms with Crippen LogP contribution in [0.3, 0.4) is 0 Å². The zero-order valence-corrected chi connectivity index (χ0v) is 15.0. The van der Waals surface area contributed by atoms with Gasteiger partial charge in [-0.25, -0.2) is 5.43 Å². The van der Waals surface area contributed by atoms with E-state index >= 15 is 0 Å². The number of rotatable bonds is 8. The maximum Gasteiger partial charge on any atom is 0.262 e. The number of phenolic OH excluding ortho intramolecular Hbond substituents is 1. The highest BCUT2D eigenvalue weighted by molar-refractivity contribution is 5.86. The molecule has 7 heteroatoms. The van der Waals surface area contributed by atoms with Gasteiger partial charge in [0.25, 0.3) is 5.91 Å². The Balaban J connectivity index is 1.88. The van der Waals surface area contributed by atoms with E-state index in [9.17, 15) is 9.90 Å². The summed E-state index contributed by atoms with van der Waals surface area (Å²) in [6.07, 6.45) is 1.48. The number of phenols is 1. The summed E-state index contributed by atoms with van der Waals surface area (Å²) in [5, 5.41) is 16.6. The number of carbonyl (C=O) groups excluding carboxylic acids is 1. The van der Waals surface area contributed by atoms with Gasteiger partial charge in [0.2, 0.25) is 0 Å². The fraction of sp³-hybridized carbons (Fsp3) is 0.263. The molecule has 0 heterocycles. The van der Waals surface area contributed by atoms with Crippen molar-refractivity contribution in [1.82, 2.24) is 5.43 Å². The molecule has 0 fully saturated rings. The molecule has 2 rings (SSSR count). The summed E-state index contributed by atoms with van der Waals surface area (Å²) in [7, 11) is 1.46. The average molecular weight is 357 g/mol. The molecular weight excluding hydrogens is 334 g/mol. The number of carbonyl (C=O) groups is 1. The first kappa shape index (κ1) is 19.1. The number of hydrogen-bond donors (Lipinski definition) is 3. The van der Waals surface area contributed by atoms with E-state index < -0.39 is 6.04 Å². The molecule has 0 aromatic heterocycles. The third kappa shape index (κ3) is 5.41. The lowest BCUT2D eigenvalue weighted by Crippen LogP contribution is -2.34. The van der Waals surface area contributed by atoms with Gasteiger partial charge in [-0.1, -0.05) is 0 Å². The molecule has 0 aliphatic rings. The fourth-order valence-electron chi connectivity index (χ4n) is 2.17. The summed E-state index contributed by atoms with van der Waals surface area (Å²) in [6, 6.07) is 11.7. The minimum atomic E-state index is -0.473. The van der Waals surface area contributed by atoms with Gasteiger partial charge in [-0.15, -0.1) is 0 Å². The van der Waals surface area contributed by atoms with Crippen LogP contribution in [0.2, 0.25) is 0 Å². The number of methoxy groups -OCH3 is 1. The van der Waals surface area contributed by atoms with Gasteiger partial charge < -0.3 is 19.9 Å². The van der Waals surface area contributed by atoms with Crippen LogP contribution in [0.25, 0.3) is 0 Å². The molecular formula is C19H23N3O4. The van der Waals surface area contributed by atoms with Crippen molar-refractivity contribution in [3.05, 3.63) is 48.0 Å². The Morgan fingerprint density at radius 3 is 2.65 bits per heavy atom. The van der Waals surface area contributed by atoms with E-state index in [2.05, 4.69) is 15.8 Å². The highest BCUT2D eigenvalue weighted by Gasteiger charge is 2.11. The third-order valence-electron chi connectivity index (χ3n) is 3.53. The number of anilines is 1. The number of ether oxygens (including phenoxy) is 2. The Morgan fingerprint density at radius 2 is 2.00 bits per heavy atom. The number of amides is 1. The number of benzene rings is 2. The molecule has 0 aliphatic carbocycles. The first-order valence-electron chi connectivity index (χ1n) is 8.22. The molecule has 3 N–H and O–H groups in total. The predicted molar refractivity (Wildman–Crippen MR) is 101 cm³/mol. The Bertz CT molecular complexity index is 760. The molecule has 0 radical (unpaired) electrons. The molecule has 0 aliphatic heterocycles. The van der Waals surface area contributed by atoms with Crippen LogP contribution in [0.15, 0.2) is 47.6 Å². The maximum absolute atomic E-state index is 12.1. The normalized spacial score (nSPS) is 11.8. The molecule has 7 nitrogen and oxygen atoms in total. The molecule has 2 aromatic carbocycles. The van der Waals surface area contributed by atoms with Gasteiger partial charge in [-0.2, -0.15) is 5.10 Å². The Kier molecular flexibility index (Phi) is 6.84. The van der Waals surface area contributed by atoms with Gasteiger partial charge in [-0.3, -0.25) is 4.79 Å². The van der Waals surface area contributed by atoms with Crippen molar-refractivity contribution < 1.29 is 19.4 Å². The van der Waals surface area contributed by atoms with Gasteiger partial charge in [0.1, 0.15) is 11.8 Å². The summed E-state index contributed by atoms with van der Waals surface area (Å²) in [5.41, 5.74) is 3.97. The summed E-state index contributed by atoms with van der Waals surface area (Å²) in [5.74, 6) is 0.887. The average Bonchev–Trinajstić information content (AvgIpc) is 2.64. The Morgan fingerprint density at radius 1 is 1.27 bits per heavy atom.